The van der Waals surface area contributed by atoms with Crippen LogP contribution >= 0.6 is 15.9 Å². The molecule has 0 N–H and O–H groups in total. The van der Waals surface area contributed by atoms with Crippen LogP contribution in [0.3, 0.4) is 0 Å². The van der Waals surface area contributed by atoms with Gasteiger partial charge in [0.25, 0.3) is 0 Å². The van der Waals surface area contributed by atoms with Crippen LogP contribution in [0.25, 0.3) is 0 Å². The summed E-state index contributed by atoms with van der Waals surface area (Å²) in [5, 5.41) is 0. The SMILES string of the molecule is Fc1cccc(CN(Cc2cccc(F)c2)c2ccc(Br)cc2)c1. The molecule has 3 aromatic rings. The maximum absolute atomic E-state index is 13.5. The third-order valence-electron chi connectivity index (χ3n) is 3.72. The largest absolute Gasteiger partial charge is 0.363 e. The van der Waals surface area contributed by atoms with Crippen molar-refractivity contribution in [3.05, 3.63) is 100 Å². The van der Waals surface area contributed by atoms with Gasteiger partial charge in [-0.05, 0) is 59.7 Å². The Morgan fingerprint density at radius 1 is 0.708 bits per heavy atom. The van der Waals surface area contributed by atoms with E-state index in [1.54, 1.807) is 12.1 Å². The summed E-state index contributed by atoms with van der Waals surface area (Å²) in [5.74, 6) is -0.511. The Hall–Kier alpha value is -2.20. The lowest BCUT2D eigenvalue weighted by atomic mass is 10.1. The highest BCUT2D eigenvalue weighted by Crippen LogP contribution is 2.23. The molecular weight excluding hydrogens is 372 g/mol. The molecule has 0 aliphatic carbocycles. The molecule has 0 unspecified atom stereocenters. The molecule has 0 aromatic heterocycles. The zero-order valence-electron chi connectivity index (χ0n) is 12.9. The van der Waals surface area contributed by atoms with Crippen molar-refractivity contribution in [3.63, 3.8) is 0 Å². The van der Waals surface area contributed by atoms with E-state index in [-0.39, 0.29) is 11.6 Å². The van der Waals surface area contributed by atoms with Gasteiger partial charge in [0.2, 0.25) is 0 Å². The molecule has 24 heavy (non-hydrogen) atoms. The van der Waals surface area contributed by atoms with Gasteiger partial charge in [-0.25, -0.2) is 8.78 Å². The number of rotatable bonds is 5. The molecule has 0 atom stereocenters. The van der Waals surface area contributed by atoms with Crippen molar-refractivity contribution in [2.24, 2.45) is 0 Å². The third kappa shape index (κ3) is 4.42. The van der Waals surface area contributed by atoms with Gasteiger partial charge in [0, 0.05) is 23.2 Å². The standard InChI is InChI=1S/C20H16BrF2N/c21-17-7-9-20(10-8-17)24(13-15-3-1-5-18(22)11-15)14-16-4-2-6-19(23)12-16/h1-12H,13-14H2. The summed E-state index contributed by atoms with van der Waals surface area (Å²) < 4.78 is 27.9. The van der Waals surface area contributed by atoms with E-state index in [0.717, 1.165) is 21.3 Å². The zero-order valence-corrected chi connectivity index (χ0v) is 14.5. The molecule has 0 radical (unpaired) electrons. The molecule has 0 amide bonds. The van der Waals surface area contributed by atoms with E-state index < -0.39 is 0 Å². The summed E-state index contributed by atoms with van der Waals surface area (Å²) in [4.78, 5) is 2.09. The van der Waals surface area contributed by atoms with Crippen LogP contribution < -0.4 is 4.90 Å². The van der Waals surface area contributed by atoms with E-state index >= 15 is 0 Å². The van der Waals surface area contributed by atoms with Crippen LogP contribution in [0.5, 0.6) is 0 Å². The molecule has 0 aliphatic heterocycles. The second-order valence-corrected chi connectivity index (χ2v) is 6.51. The molecule has 0 saturated carbocycles. The number of hydrogen-bond acceptors (Lipinski definition) is 1. The highest BCUT2D eigenvalue weighted by molar-refractivity contribution is 9.10. The van der Waals surface area contributed by atoms with Crippen molar-refractivity contribution in [1.82, 2.24) is 0 Å². The van der Waals surface area contributed by atoms with E-state index in [4.69, 9.17) is 0 Å². The zero-order chi connectivity index (χ0) is 16.9. The number of benzene rings is 3. The maximum Gasteiger partial charge on any atom is 0.123 e. The highest BCUT2D eigenvalue weighted by Gasteiger charge is 2.10. The molecular formula is C20H16BrF2N. The van der Waals surface area contributed by atoms with Gasteiger partial charge in [-0.1, -0.05) is 40.2 Å². The molecule has 0 fully saturated rings. The summed E-state index contributed by atoms with van der Waals surface area (Å²) >= 11 is 3.43. The van der Waals surface area contributed by atoms with Gasteiger partial charge in [0.05, 0.1) is 0 Å². The fourth-order valence-corrected chi connectivity index (χ4v) is 2.87. The molecule has 0 bridgehead atoms. The fourth-order valence-electron chi connectivity index (χ4n) is 2.60. The van der Waals surface area contributed by atoms with Crippen molar-refractivity contribution in [2.45, 2.75) is 13.1 Å². The summed E-state index contributed by atoms with van der Waals surface area (Å²) in [6, 6.07) is 21.0. The molecule has 4 heteroatoms. The van der Waals surface area contributed by atoms with Crippen LogP contribution in [0.15, 0.2) is 77.3 Å². The first-order valence-electron chi connectivity index (χ1n) is 7.59. The molecule has 0 spiro atoms. The summed E-state index contributed by atoms with van der Waals surface area (Å²) in [5.41, 5.74) is 2.73. The number of nitrogens with zero attached hydrogens (tertiary/aromatic N) is 1. The molecule has 0 heterocycles. The van der Waals surface area contributed by atoms with Crippen LogP contribution in [-0.4, -0.2) is 0 Å². The summed E-state index contributed by atoms with van der Waals surface area (Å²) in [6.45, 7) is 1.08. The predicted molar refractivity (Wildman–Crippen MR) is 96.8 cm³/mol. The lowest BCUT2D eigenvalue weighted by molar-refractivity contribution is 0.622. The average Bonchev–Trinajstić information content (AvgIpc) is 2.55. The quantitative estimate of drug-likeness (QED) is 0.523. The number of halogens is 3. The van der Waals surface area contributed by atoms with Gasteiger partial charge in [-0.3, -0.25) is 0 Å². The van der Waals surface area contributed by atoms with E-state index in [9.17, 15) is 8.78 Å². The van der Waals surface area contributed by atoms with Crippen LogP contribution in [0.1, 0.15) is 11.1 Å². The van der Waals surface area contributed by atoms with Crippen molar-refractivity contribution >= 4 is 21.6 Å². The first-order chi connectivity index (χ1) is 11.6. The van der Waals surface area contributed by atoms with Gasteiger partial charge in [-0.15, -0.1) is 0 Å². The maximum atomic E-state index is 13.5. The monoisotopic (exact) mass is 387 g/mol. The van der Waals surface area contributed by atoms with Crippen LogP contribution in [-0.2, 0) is 13.1 Å². The fraction of sp³-hybridized carbons (Fsp3) is 0.100. The van der Waals surface area contributed by atoms with Gasteiger partial charge in [0.15, 0.2) is 0 Å². The first-order valence-corrected chi connectivity index (χ1v) is 8.39. The lowest BCUT2D eigenvalue weighted by Gasteiger charge is -2.25. The van der Waals surface area contributed by atoms with Crippen LogP contribution in [0.2, 0.25) is 0 Å². The molecule has 0 aliphatic rings. The van der Waals surface area contributed by atoms with Gasteiger partial charge >= 0.3 is 0 Å². The van der Waals surface area contributed by atoms with Crippen molar-refractivity contribution in [2.75, 3.05) is 4.90 Å². The van der Waals surface area contributed by atoms with Crippen molar-refractivity contribution in [3.8, 4) is 0 Å². The minimum atomic E-state index is -0.256. The smallest absolute Gasteiger partial charge is 0.123 e. The number of hydrogen-bond donors (Lipinski definition) is 0. The Bertz CT molecular complexity index is 770. The summed E-state index contributed by atoms with van der Waals surface area (Å²) in [6.07, 6.45) is 0. The van der Waals surface area contributed by atoms with E-state index in [0.29, 0.717) is 13.1 Å². The normalized spacial score (nSPS) is 10.6. The highest BCUT2D eigenvalue weighted by atomic mass is 79.9. The second kappa shape index (κ2) is 7.58. The Balaban J connectivity index is 1.89. The lowest BCUT2D eigenvalue weighted by Crippen LogP contribution is -2.22. The van der Waals surface area contributed by atoms with Gasteiger partial charge < -0.3 is 4.90 Å². The molecule has 122 valence electrons. The Labute approximate surface area is 148 Å². The molecule has 3 rings (SSSR count). The van der Waals surface area contributed by atoms with Crippen molar-refractivity contribution in [1.29, 1.82) is 0 Å². The number of anilines is 1. The van der Waals surface area contributed by atoms with Crippen LogP contribution in [0, 0.1) is 11.6 Å². The first kappa shape index (κ1) is 16.7. The van der Waals surface area contributed by atoms with E-state index in [2.05, 4.69) is 20.8 Å². The molecule has 1 nitrogen and oxygen atoms in total. The van der Waals surface area contributed by atoms with Crippen LogP contribution in [0.4, 0.5) is 14.5 Å². The second-order valence-electron chi connectivity index (χ2n) is 5.59. The Morgan fingerprint density at radius 3 is 1.67 bits per heavy atom. The van der Waals surface area contributed by atoms with E-state index in [1.807, 2.05) is 36.4 Å². The summed E-state index contributed by atoms with van der Waals surface area (Å²) in [7, 11) is 0. The van der Waals surface area contributed by atoms with Gasteiger partial charge in [-0.2, -0.15) is 0 Å². The molecule has 3 aromatic carbocycles. The van der Waals surface area contributed by atoms with Gasteiger partial charge in [0.1, 0.15) is 11.6 Å². The minimum absolute atomic E-state index is 0.256. The third-order valence-corrected chi connectivity index (χ3v) is 4.25. The predicted octanol–water partition coefficient (Wildman–Crippen LogP) is 5.93. The average molecular weight is 388 g/mol. The van der Waals surface area contributed by atoms with E-state index in [1.165, 1.54) is 24.3 Å². The Kier molecular flexibility index (Phi) is 5.26. The molecule has 0 saturated heterocycles. The van der Waals surface area contributed by atoms with Crippen molar-refractivity contribution < 1.29 is 8.78 Å². The minimum Gasteiger partial charge on any atom is -0.363 e. The Morgan fingerprint density at radius 2 is 1.21 bits per heavy atom. The topological polar surface area (TPSA) is 3.24 Å².